The summed E-state index contributed by atoms with van der Waals surface area (Å²) in [5, 5.41) is 9.80. The molecule has 1 spiro atoms. The van der Waals surface area contributed by atoms with Crippen LogP contribution in [0.2, 0.25) is 0 Å². The maximum atomic E-state index is 9.80. The van der Waals surface area contributed by atoms with Gasteiger partial charge < -0.3 is 5.11 Å². The lowest BCUT2D eigenvalue weighted by molar-refractivity contribution is 0.0288. The summed E-state index contributed by atoms with van der Waals surface area (Å²) in [5.41, 5.74) is 0. The smallest absolute Gasteiger partial charge is 0.0688 e. The van der Waals surface area contributed by atoms with Crippen LogP contribution in [0.3, 0.4) is 0 Å². The minimum Gasteiger partial charge on any atom is -0.396 e. The van der Waals surface area contributed by atoms with Gasteiger partial charge in [0.1, 0.15) is 0 Å². The molecule has 0 bridgehead atoms. The summed E-state index contributed by atoms with van der Waals surface area (Å²) in [5.74, 6) is 3.08. The number of nitrogens with zero attached hydrogens (tertiary/aromatic N) is 1. The van der Waals surface area contributed by atoms with E-state index in [4.69, 9.17) is 0 Å². The molecule has 2 atom stereocenters. The van der Waals surface area contributed by atoms with Crippen LogP contribution in [0.4, 0.5) is 0 Å². The Morgan fingerprint density at radius 1 is 1.19 bits per heavy atom. The molecule has 0 radical (unpaired) electrons. The maximum Gasteiger partial charge on any atom is 0.0688 e. The highest BCUT2D eigenvalue weighted by Crippen LogP contribution is 2.55. The fourth-order valence-corrected chi connectivity index (χ4v) is 7.17. The maximum absolute atomic E-state index is 9.80. The highest BCUT2D eigenvalue weighted by Gasteiger charge is 2.50. The predicted molar refractivity (Wildman–Crippen MR) is 72.1 cm³/mol. The molecule has 16 heavy (non-hydrogen) atoms. The van der Waals surface area contributed by atoms with Crippen molar-refractivity contribution in [2.24, 2.45) is 5.92 Å². The predicted octanol–water partition coefficient (Wildman–Crippen LogP) is 2.03. The third-order valence-corrected chi connectivity index (χ3v) is 8.19. The van der Waals surface area contributed by atoms with E-state index in [-0.39, 0.29) is 0 Å². The quantitative estimate of drug-likeness (QED) is 0.778. The van der Waals surface area contributed by atoms with Crippen molar-refractivity contribution in [3.63, 3.8) is 0 Å². The van der Waals surface area contributed by atoms with E-state index in [0.29, 0.717) is 22.6 Å². The first-order valence-corrected chi connectivity index (χ1v) is 8.46. The molecular formula is C12H21NOS2. The normalized spacial score (nSPS) is 38.8. The topological polar surface area (TPSA) is 23.5 Å². The summed E-state index contributed by atoms with van der Waals surface area (Å²) >= 11 is 4.26. The average molecular weight is 259 g/mol. The van der Waals surface area contributed by atoms with Crippen LogP contribution in [-0.4, -0.2) is 51.3 Å². The standard InChI is InChI=1S/C12H21NOS2/c14-9-10-11-3-1-2-5-13(11)6-4-12(10)15-7-8-16-12/h10-11,14H,1-9H2/t10-,11-/m1/s1. The largest absolute Gasteiger partial charge is 0.396 e. The second-order valence-corrected chi connectivity index (χ2v) is 8.26. The molecule has 1 N–H and O–H groups in total. The number of piperidine rings is 2. The Morgan fingerprint density at radius 3 is 2.75 bits per heavy atom. The van der Waals surface area contributed by atoms with Crippen molar-refractivity contribution in [3.05, 3.63) is 0 Å². The van der Waals surface area contributed by atoms with Gasteiger partial charge in [-0.25, -0.2) is 0 Å². The molecule has 0 aromatic rings. The lowest BCUT2D eigenvalue weighted by Crippen LogP contribution is -2.57. The van der Waals surface area contributed by atoms with E-state index in [1.165, 1.54) is 50.3 Å². The summed E-state index contributed by atoms with van der Waals surface area (Å²) < 4.78 is 0.368. The lowest BCUT2D eigenvalue weighted by atomic mass is 9.83. The zero-order chi connectivity index (χ0) is 11.0. The molecule has 3 rings (SSSR count). The van der Waals surface area contributed by atoms with Crippen LogP contribution in [0, 0.1) is 5.92 Å². The molecule has 0 aromatic heterocycles. The van der Waals surface area contributed by atoms with Gasteiger partial charge in [-0.3, -0.25) is 4.90 Å². The molecule has 3 fully saturated rings. The van der Waals surface area contributed by atoms with E-state index in [1.54, 1.807) is 0 Å². The monoisotopic (exact) mass is 259 g/mol. The van der Waals surface area contributed by atoms with Gasteiger partial charge in [0.05, 0.1) is 4.08 Å². The number of hydrogen-bond acceptors (Lipinski definition) is 4. The Hall–Kier alpha value is 0.620. The molecule has 3 saturated heterocycles. The third kappa shape index (κ3) is 1.82. The van der Waals surface area contributed by atoms with E-state index < -0.39 is 0 Å². The fraction of sp³-hybridized carbons (Fsp3) is 1.00. The van der Waals surface area contributed by atoms with Crippen molar-refractivity contribution in [1.82, 2.24) is 4.90 Å². The van der Waals surface area contributed by atoms with Crippen molar-refractivity contribution in [1.29, 1.82) is 0 Å². The van der Waals surface area contributed by atoms with Gasteiger partial charge in [0.25, 0.3) is 0 Å². The van der Waals surface area contributed by atoms with E-state index in [2.05, 4.69) is 28.4 Å². The Morgan fingerprint density at radius 2 is 2.00 bits per heavy atom. The van der Waals surface area contributed by atoms with Crippen LogP contribution in [0.5, 0.6) is 0 Å². The number of thioether (sulfide) groups is 2. The molecule has 0 amide bonds. The van der Waals surface area contributed by atoms with Crippen LogP contribution in [0.25, 0.3) is 0 Å². The van der Waals surface area contributed by atoms with E-state index in [9.17, 15) is 5.11 Å². The number of aliphatic hydroxyl groups excluding tert-OH is 1. The molecule has 92 valence electrons. The summed E-state index contributed by atoms with van der Waals surface area (Å²) in [6.45, 7) is 2.93. The summed E-state index contributed by atoms with van der Waals surface area (Å²) in [7, 11) is 0. The number of aliphatic hydroxyl groups is 1. The number of hydrogen-bond donors (Lipinski definition) is 1. The van der Waals surface area contributed by atoms with E-state index in [0.717, 1.165) is 0 Å². The number of fused-ring (bicyclic) bond motifs is 1. The molecule has 0 aliphatic carbocycles. The molecule has 3 aliphatic rings. The molecule has 3 aliphatic heterocycles. The first-order valence-electron chi connectivity index (χ1n) is 6.48. The van der Waals surface area contributed by atoms with Crippen molar-refractivity contribution >= 4 is 23.5 Å². The Labute approximate surface area is 107 Å². The fourth-order valence-electron chi connectivity index (χ4n) is 3.62. The third-order valence-electron chi connectivity index (χ3n) is 4.41. The Kier molecular flexibility index (Phi) is 3.44. The van der Waals surface area contributed by atoms with Gasteiger partial charge in [0, 0.05) is 36.6 Å². The second kappa shape index (κ2) is 4.71. The minimum atomic E-state index is 0.368. The van der Waals surface area contributed by atoms with Crippen molar-refractivity contribution in [3.8, 4) is 0 Å². The van der Waals surface area contributed by atoms with Gasteiger partial charge in [-0.15, -0.1) is 23.5 Å². The number of rotatable bonds is 1. The summed E-state index contributed by atoms with van der Waals surface area (Å²) in [6, 6.07) is 0.672. The van der Waals surface area contributed by atoms with Gasteiger partial charge in [-0.1, -0.05) is 6.42 Å². The van der Waals surface area contributed by atoms with Crippen LogP contribution in [0.15, 0.2) is 0 Å². The van der Waals surface area contributed by atoms with Gasteiger partial charge in [0.2, 0.25) is 0 Å². The van der Waals surface area contributed by atoms with Gasteiger partial charge in [0.15, 0.2) is 0 Å². The Bertz CT molecular complexity index is 255. The highest BCUT2D eigenvalue weighted by molar-refractivity contribution is 8.21. The van der Waals surface area contributed by atoms with Crippen molar-refractivity contribution < 1.29 is 5.11 Å². The zero-order valence-corrected chi connectivity index (χ0v) is 11.4. The van der Waals surface area contributed by atoms with Gasteiger partial charge in [-0.2, -0.15) is 0 Å². The SMILES string of the molecule is OC[C@@H]1[C@H]2CCCCN2CCC12SCCS2. The molecule has 0 unspecified atom stereocenters. The highest BCUT2D eigenvalue weighted by atomic mass is 32.2. The van der Waals surface area contributed by atoms with Crippen molar-refractivity contribution in [2.75, 3.05) is 31.2 Å². The molecular weight excluding hydrogens is 238 g/mol. The van der Waals surface area contributed by atoms with Crippen molar-refractivity contribution in [2.45, 2.75) is 35.8 Å². The van der Waals surface area contributed by atoms with Gasteiger partial charge >= 0.3 is 0 Å². The van der Waals surface area contributed by atoms with Crippen LogP contribution < -0.4 is 0 Å². The average Bonchev–Trinajstić information content (AvgIpc) is 2.78. The zero-order valence-electron chi connectivity index (χ0n) is 9.73. The van der Waals surface area contributed by atoms with E-state index >= 15 is 0 Å². The molecule has 4 heteroatoms. The van der Waals surface area contributed by atoms with Crippen LogP contribution in [0.1, 0.15) is 25.7 Å². The molecule has 0 saturated carbocycles. The lowest BCUT2D eigenvalue weighted by Gasteiger charge is -2.51. The van der Waals surface area contributed by atoms with Crippen LogP contribution in [-0.2, 0) is 0 Å². The summed E-state index contributed by atoms with van der Waals surface area (Å²) in [6.07, 6.45) is 5.32. The van der Waals surface area contributed by atoms with E-state index in [1.807, 2.05) is 0 Å². The second-order valence-electron chi connectivity index (χ2n) is 5.15. The summed E-state index contributed by atoms with van der Waals surface area (Å²) in [4.78, 5) is 2.65. The minimum absolute atomic E-state index is 0.368. The van der Waals surface area contributed by atoms with Crippen LogP contribution >= 0.6 is 23.5 Å². The molecule has 3 heterocycles. The molecule has 2 nitrogen and oxygen atoms in total. The first-order chi connectivity index (χ1) is 7.86. The first kappa shape index (κ1) is 11.7. The Balaban J connectivity index is 1.82. The van der Waals surface area contributed by atoms with Gasteiger partial charge in [-0.05, 0) is 25.8 Å². The molecule has 0 aromatic carbocycles.